The van der Waals surface area contributed by atoms with Crippen molar-refractivity contribution >= 4 is 10.9 Å². The maximum absolute atomic E-state index is 10.7. The summed E-state index contributed by atoms with van der Waals surface area (Å²) in [6, 6.07) is 31.4. The molecule has 3 heteroatoms. The Morgan fingerprint density at radius 1 is 0.818 bits per heavy atom. The molecular formula is C30H29N3. The van der Waals surface area contributed by atoms with Crippen molar-refractivity contribution in [2.75, 3.05) is 13.1 Å². The van der Waals surface area contributed by atoms with Gasteiger partial charge in [-0.05, 0) is 22.8 Å². The molecule has 3 aromatic carbocycles. The predicted octanol–water partition coefficient (Wildman–Crippen LogP) is 6.39. The molecule has 164 valence electrons. The molecule has 4 aromatic rings. The summed E-state index contributed by atoms with van der Waals surface area (Å²) in [7, 11) is 0. The van der Waals surface area contributed by atoms with E-state index >= 15 is 0 Å². The summed E-state index contributed by atoms with van der Waals surface area (Å²) < 4.78 is 0. The number of benzene rings is 3. The van der Waals surface area contributed by atoms with Gasteiger partial charge in [0.2, 0.25) is 0 Å². The molecule has 1 aromatic heterocycles. The fourth-order valence-electron chi connectivity index (χ4n) is 4.64. The van der Waals surface area contributed by atoms with Crippen molar-refractivity contribution in [2.45, 2.75) is 18.4 Å². The highest BCUT2D eigenvalue weighted by Gasteiger charge is 2.36. The van der Waals surface area contributed by atoms with E-state index in [1.807, 2.05) is 54.6 Å². The van der Waals surface area contributed by atoms with E-state index in [9.17, 15) is 5.26 Å². The molecule has 0 unspecified atom stereocenters. The Balaban J connectivity index is 1.88. The molecule has 0 aliphatic rings. The Labute approximate surface area is 196 Å². The largest absolute Gasteiger partial charge is 0.357 e. The Morgan fingerprint density at radius 2 is 1.36 bits per heavy atom. The number of nitriles is 1. The van der Waals surface area contributed by atoms with Gasteiger partial charge in [-0.1, -0.05) is 91.0 Å². The summed E-state index contributed by atoms with van der Waals surface area (Å²) in [5.41, 5.74) is 4.61. The maximum Gasteiger partial charge on any atom is 0.111 e. The number of aromatic amines is 1. The van der Waals surface area contributed by atoms with Crippen molar-refractivity contribution in [3.63, 3.8) is 0 Å². The van der Waals surface area contributed by atoms with Gasteiger partial charge in [0.25, 0.3) is 0 Å². The van der Waals surface area contributed by atoms with Gasteiger partial charge in [-0.15, -0.1) is 13.2 Å². The SMILES string of the molecule is C=CCN(CC=C)Cc1[nH]c2ccccc2c1CC(C#N)(c1ccccc1)c1ccccc1. The first-order valence-corrected chi connectivity index (χ1v) is 11.3. The fraction of sp³-hybridized carbons (Fsp3) is 0.167. The highest BCUT2D eigenvalue weighted by atomic mass is 15.1. The van der Waals surface area contributed by atoms with Crippen molar-refractivity contribution in [1.82, 2.24) is 9.88 Å². The van der Waals surface area contributed by atoms with Crippen LogP contribution in [-0.2, 0) is 18.4 Å². The van der Waals surface area contributed by atoms with Crippen molar-refractivity contribution in [3.8, 4) is 6.07 Å². The van der Waals surface area contributed by atoms with E-state index < -0.39 is 5.41 Å². The fourth-order valence-corrected chi connectivity index (χ4v) is 4.64. The van der Waals surface area contributed by atoms with Gasteiger partial charge in [0.15, 0.2) is 0 Å². The molecule has 0 atom stereocenters. The summed E-state index contributed by atoms with van der Waals surface area (Å²) in [4.78, 5) is 5.93. The van der Waals surface area contributed by atoms with Gasteiger partial charge in [-0.25, -0.2) is 0 Å². The van der Waals surface area contributed by atoms with Crippen LogP contribution in [0.1, 0.15) is 22.4 Å². The van der Waals surface area contributed by atoms with Crippen LogP contribution in [0.5, 0.6) is 0 Å². The van der Waals surface area contributed by atoms with Crippen LogP contribution in [0.3, 0.4) is 0 Å². The van der Waals surface area contributed by atoms with E-state index in [2.05, 4.69) is 71.6 Å². The summed E-state index contributed by atoms with van der Waals surface area (Å²) >= 11 is 0. The summed E-state index contributed by atoms with van der Waals surface area (Å²) in [5.74, 6) is 0. The smallest absolute Gasteiger partial charge is 0.111 e. The molecular weight excluding hydrogens is 402 g/mol. The van der Waals surface area contributed by atoms with E-state index in [0.29, 0.717) is 6.42 Å². The molecule has 0 saturated heterocycles. The monoisotopic (exact) mass is 431 g/mol. The Hall–Kier alpha value is -3.87. The number of hydrogen-bond acceptors (Lipinski definition) is 2. The molecule has 1 N–H and O–H groups in total. The minimum Gasteiger partial charge on any atom is -0.357 e. The molecule has 0 fully saturated rings. The molecule has 0 bridgehead atoms. The first-order valence-electron chi connectivity index (χ1n) is 11.3. The first-order chi connectivity index (χ1) is 16.2. The lowest BCUT2D eigenvalue weighted by molar-refractivity contribution is 0.323. The van der Waals surface area contributed by atoms with Crippen LogP contribution >= 0.6 is 0 Å². The van der Waals surface area contributed by atoms with Crippen LogP contribution in [0.25, 0.3) is 10.9 Å². The summed E-state index contributed by atoms with van der Waals surface area (Å²) in [6.45, 7) is 10.1. The number of rotatable bonds is 10. The minimum atomic E-state index is -0.802. The van der Waals surface area contributed by atoms with Crippen molar-refractivity contribution < 1.29 is 0 Å². The number of aromatic nitrogens is 1. The molecule has 1 heterocycles. The standard InChI is InChI=1S/C30H29N3/c1-3-19-33(20-4-2)22-29-27(26-17-11-12-18-28(26)32-29)21-30(23-31,24-13-7-5-8-14-24)25-15-9-6-10-16-25/h3-18,32H,1-2,19-22H2. The number of nitrogens with zero attached hydrogens (tertiary/aromatic N) is 2. The van der Waals surface area contributed by atoms with E-state index in [1.165, 1.54) is 5.56 Å². The highest BCUT2D eigenvalue weighted by Crippen LogP contribution is 2.38. The first kappa shape index (κ1) is 22.3. The number of hydrogen-bond donors (Lipinski definition) is 1. The molecule has 33 heavy (non-hydrogen) atoms. The van der Waals surface area contributed by atoms with Crippen LogP contribution in [0, 0.1) is 11.3 Å². The zero-order valence-electron chi connectivity index (χ0n) is 18.9. The summed E-state index contributed by atoms with van der Waals surface area (Å²) in [6.07, 6.45) is 4.41. The van der Waals surface area contributed by atoms with Crippen LogP contribution in [0.2, 0.25) is 0 Å². The average Bonchev–Trinajstić information content (AvgIpc) is 3.20. The second-order valence-electron chi connectivity index (χ2n) is 8.33. The molecule has 0 amide bonds. The van der Waals surface area contributed by atoms with Gasteiger partial charge < -0.3 is 4.98 Å². The Morgan fingerprint density at radius 3 is 1.91 bits per heavy atom. The maximum atomic E-state index is 10.7. The van der Waals surface area contributed by atoms with Gasteiger partial charge in [0, 0.05) is 42.7 Å². The number of fused-ring (bicyclic) bond motifs is 1. The van der Waals surface area contributed by atoms with Gasteiger partial charge in [0.05, 0.1) is 6.07 Å². The lowest BCUT2D eigenvalue weighted by Gasteiger charge is -2.29. The van der Waals surface area contributed by atoms with Crippen LogP contribution < -0.4 is 0 Å². The zero-order chi connectivity index (χ0) is 23.1. The van der Waals surface area contributed by atoms with Crippen LogP contribution in [-0.4, -0.2) is 23.0 Å². The lowest BCUT2D eigenvalue weighted by atomic mass is 9.71. The number of nitrogens with one attached hydrogen (secondary N) is 1. The topological polar surface area (TPSA) is 42.8 Å². The average molecular weight is 432 g/mol. The molecule has 4 rings (SSSR count). The second-order valence-corrected chi connectivity index (χ2v) is 8.33. The molecule has 0 aliphatic heterocycles. The van der Waals surface area contributed by atoms with Gasteiger partial charge >= 0.3 is 0 Å². The quantitative estimate of drug-likeness (QED) is 0.295. The van der Waals surface area contributed by atoms with E-state index in [1.54, 1.807) is 0 Å². The third-order valence-electron chi connectivity index (χ3n) is 6.22. The van der Waals surface area contributed by atoms with E-state index in [-0.39, 0.29) is 0 Å². The van der Waals surface area contributed by atoms with Crippen molar-refractivity contribution in [3.05, 3.63) is 133 Å². The molecule has 0 aliphatic carbocycles. The predicted molar refractivity (Wildman–Crippen MR) is 137 cm³/mol. The normalized spacial score (nSPS) is 11.4. The molecule has 3 nitrogen and oxygen atoms in total. The lowest BCUT2D eigenvalue weighted by Crippen LogP contribution is -2.30. The molecule has 0 saturated carbocycles. The van der Waals surface area contributed by atoms with E-state index in [0.717, 1.165) is 47.4 Å². The van der Waals surface area contributed by atoms with Gasteiger partial charge in [-0.3, -0.25) is 4.90 Å². The van der Waals surface area contributed by atoms with Gasteiger partial charge in [-0.2, -0.15) is 5.26 Å². The number of para-hydroxylation sites is 1. The minimum absolute atomic E-state index is 0.576. The zero-order valence-corrected chi connectivity index (χ0v) is 18.9. The Bertz CT molecular complexity index is 1210. The third kappa shape index (κ3) is 4.53. The third-order valence-corrected chi connectivity index (χ3v) is 6.22. The Kier molecular flexibility index (Phi) is 6.88. The number of H-pyrrole nitrogens is 1. The van der Waals surface area contributed by atoms with Crippen molar-refractivity contribution in [2.24, 2.45) is 0 Å². The molecule has 0 spiro atoms. The highest BCUT2D eigenvalue weighted by molar-refractivity contribution is 5.85. The van der Waals surface area contributed by atoms with Gasteiger partial charge in [0.1, 0.15) is 5.41 Å². The second kappa shape index (κ2) is 10.2. The summed E-state index contributed by atoms with van der Waals surface area (Å²) in [5, 5.41) is 11.9. The van der Waals surface area contributed by atoms with Crippen LogP contribution in [0.4, 0.5) is 0 Å². The molecule has 0 radical (unpaired) electrons. The van der Waals surface area contributed by atoms with Crippen molar-refractivity contribution in [1.29, 1.82) is 5.26 Å². The van der Waals surface area contributed by atoms with Crippen LogP contribution in [0.15, 0.2) is 110 Å². The van der Waals surface area contributed by atoms with E-state index in [4.69, 9.17) is 0 Å².